The minimum absolute atomic E-state index is 0.202. The van der Waals surface area contributed by atoms with E-state index in [0.717, 1.165) is 28.6 Å². The average Bonchev–Trinajstić information content (AvgIpc) is 3.33. The minimum atomic E-state index is -0.343. The van der Waals surface area contributed by atoms with Gasteiger partial charge in [-0.25, -0.2) is 0 Å². The van der Waals surface area contributed by atoms with Crippen LogP contribution in [0.15, 0.2) is 71.3 Å². The van der Waals surface area contributed by atoms with E-state index < -0.39 is 0 Å². The summed E-state index contributed by atoms with van der Waals surface area (Å²) in [5.41, 5.74) is 8.43. The van der Waals surface area contributed by atoms with Crippen molar-refractivity contribution < 1.29 is 4.79 Å². The maximum absolute atomic E-state index is 11.2. The summed E-state index contributed by atoms with van der Waals surface area (Å²) in [7, 11) is 0. The molecule has 1 heterocycles. The molecular weight excluding hydrogens is 412 g/mol. The predicted molar refractivity (Wildman–Crippen MR) is 123 cm³/mol. The van der Waals surface area contributed by atoms with Crippen LogP contribution in [0, 0.1) is 12.8 Å². The van der Waals surface area contributed by atoms with Crippen molar-refractivity contribution in [2.75, 3.05) is 0 Å². The molecule has 2 aromatic carbocycles. The number of carbonyl (C=O) groups excluding carboxylic acids is 1. The lowest BCUT2D eigenvalue weighted by Crippen LogP contribution is -2.25. The van der Waals surface area contributed by atoms with Crippen LogP contribution in [0.5, 0.6) is 0 Å². The summed E-state index contributed by atoms with van der Waals surface area (Å²) in [5.74, 6) is 0.851. The number of Topliss-reactive ketones (excluding diaryl/α,β-unsaturated/α-hetero) is 1. The highest BCUT2D eigenvalue weighted by molar-refractivity contribution is 9.10. The largest absolute Gasteiger partial charge is 0.370 e. The van der Waals surface area contributed by atoms with Gasteiger partial charge < -0.3 is 11.1 Å². The fourth-order valence-electron chi connectivity index (χ4n) is 2.62. The first-order valence-electron chi connectivity index (χ1n) is 9.66. The number of hydrogen-bond donors (Lipinski definition) is 2. The standard InChI is InChI=1S/C10H17NO.C7H8BrN.C7H8/c1-7(2)5-6-10(9(4)12)8(3)11-10;8-7-3-1-2-6(4-7)5-9;1-7-5-3-2-4-6-7/h7,11H,3,5-6H2,1-2,4H3;1-4H,5,9H2;2-6H,1H3. The van der Waals surface area contributed by atoms with E-state index in [2.05, 4.69) is 60.7 Å². The third kappa shape index (κ3) is 8.41. The van der Waals surface area contributed by atoms with Crippen molar-refractivity contribution in [2.45, 2.75) is 52.6 Å². The number of benzene rings is 2. The molecule has 1 aliphatic heterocycles. The van der Waals surface area contributed by atoms with Crippen molar-refractivity contribution in [3.63, 3.8) is 0 Å². The van der Waals surface area contributed by atoms with Crippen molar-refractivity contribution in [3.8, 4) is 0 Å². The summed E-state index contributed by atoms with van der Waals surface area (Å²) in [6, 6.07) is 18.2. The molecular formula is C24H33BrN2O. The fourth-order valence-corrected chi connectivity index (χ4v) is 3.07. The Morgan fingerprint density at radius 2 is 1.79 bits per heavy atom. The molecule has 0 saturated carbocycles. The van der Waals surface area contributed by atoms with Crippen LogP contribution in [0.2, 0.25) is 0 Å². The first-order chi connectivity index (χ1) is 13.2. The number of aryl methyl sites for hydroxylation is 1. The highest BCUT2D eigenvalue weighted by Crippen LogP contribution is 2.36. The molecule has 1 saturated heterocycles. The van der Waals surface area contributed by atoms with Crippen molar-refractivity contribution in [1.82, 2.24) is 5.32 Å². The Kier molecular flexibility index (Phi) is 10.2. The second-order valence-electron chi connectivity index (χ2n) is 7.49. The third-order valence-electron chi connectivity index (χ3n) is 4.58. The number of nitrogens with two attached hydrogens (primary N) is 1. The van der Waals surface area contributed by atoms with Gasteiger partial charge >= 0.3 is 0 Å². The minimum Gasteiger partial charge on any atom is -0.370 e. The quantitative estimate of drug-likeness (QED) is 0.575. The van der Waals surface area contributed by atoms with E-state index in [1.807, 2.05) is 42.5 Å². The molecule has 0 aliphatic carbocycles. The molecule has 0 aromatic heterocycles. The maximum Gasteiger partial charge on any atom is 0.161 e. The smallest absolute Gasteiger partial charge is 0.161 e. The number of hydrogen-bond acceptors (Lipinski definition) is 3. The Hall–Kier alpha value is -1.91. The molecule has 0 radical (unpaired) electrons. The van der Waals surface area contributed by atoms with Crippen LogP contribution in [-0.2, 0) is 11.3 Å². The Labute approximate surface area is 178 Å². The normalized spacial score (nSPS) is 16.9. The SMILES string of the molecule is C=C1NC1(CCC(C)C)C(C)=O.Cc1ccccc1.NCc1cccc(Br)c1. The molecule has 1 unspecified atom stereocenters. The molecule has 4 heteroatoms. The zero-order chi connectivity index (χ0) is 21.2. The molecule has 3 rings (SSSR count). The summed E-state index contributed by atoms with van der Waals surface area (Å²) in [6.45, 7) is 12.4. The van der Waals surface area contributed by atoms with Gasteiger partial charge in [0.25, 0.3) is 0 Å². The molecule has 1 atom stereocenters. The Morgan fingerprint density at radius 3 is 2.11 bits per heavy atom. The van der Waals surface area contributed by atoms with Crippen LogP contribution >= 0.6 is 15.9 Å². The molecule has 3 nitrogen and oxygen atoms in total. The van der Waals surface area contributed by atoms with Crippen LogP contribution < -0.4 is 11.1 Å². The molecule has 1 fully saturated rings. The van der Waals surface area contributed by atoms with E-state index in [-0.39, 0.29) is 11.3 Å². The van der Waals surface area contributed by atoms with Gasteiger partial charge in [-0.3, -0.25) is 4.79 Å². The zero-order valence-electron chi connectivity index (χ0n) is 17.5. The zero-order valence-corrected chi connectivity index (χ0v) is 19.1. The van der Waals surface area contributed by atoms with Crippen molar-refractivity contribution in [3.05, 3.63) is 82.5 Å². The van der Waals surface area contributed by atoms with Gasteiger partial charge in [-0.2, -0.15) is 0 Å². The van der Waals surface area contributed by atoms with Gasteiger partial charge in [0, 0.05) is 16.7 Å². The Morgan fingerprint density at radius 1 is 1.18 bits per heavy atom. The van der Waals surface area contributed by atoms with Gasteiger partial charge in [0.1, 0.15) is 5.54 Å². The number of halogens is 1. The second kappa shape index (κ2) is 11.8. The first-order valence-corrected chi connectivity index (χ1v) is 10.5. The molecule has 0 spiro atoms. The van der Waals surface area contributed by atoms with E-state index >= 15 is 0 Å². The third-order valence-corrected chi connectivity index (χ3v) is 5.07. The van der Waals surface area contributed by atoms with Crippen LogP contribution in [0.4, 0.5) is 0 Å². The van der Waals surface area contributed by atoms with Gasteiger partial charge in [0.2, 0.25) is 0 Å². The number of rotatable bonds is 5. The summed E-state index contributed by atoms with van der Waals surface area (Å²) >= 11 is 3.35. The number of nitrogens with one attached hydrogen (secondary N) is 1. The highest BCUT2D eigenvalue weighted by Gasteiger charge is 2.50. The molecule has 0 bridgehead atoms. The van der Waals surface area contributed by atoms with E-state index in [9.17, 15) is 4.79 Å². The first kappa shape index (κ1) is 24.1. The Balaban J connectivity index is 0.000000218. The van der Waals surface area contributed by atoms with Crippen LogP contribution in [-0.4, -0.2) is 11.3 Å². The van der Waals surface area contributed by atoms with Crippen molar-refractivity contribution in [1.29, 1.82) is 0 Å². The molecule has 3 N–H and O–H groups in total. The van der Waals surface area contributed by atoms with Gasteiger partial charge in [0.05, 0.1) is 0 Å². The predicted octanol–water partition coefficient (Wildman–Crippen LogP) is 5.77. The fraction of sp³-hybridized carbons (Fsp3) is 0.375. The topological polar surface area (TPSA) is 65.0 Å². The van der Waals surface area contributed by atoms with E-state index in [1.165, 1.54) is 5.56 Å². The summed E-state index contributed by atoms with van der Waals surface area (Å²) in [4.78, 5) is 11.2. The molecule has 2 aromatic rings. The maximum atomic E-state index is 11.2. The van der Waals surface area contributed by atoms with Crippen LogP contribution in [0.3, 0.4) is 0 Å². The van der Waals surface area contributed by atoms with Crippen LogP contribution in [0.1, 0.15) is 44.7 Å². The molecule has 28 heavy (non-hydrogen) atoms. The van der Waals surface area contributed by atoms with E-state index in [0.29, 0.717) is 12.5 Å². The van der Waals surface area contributed by atoms with Gasteiger partial charge in [-0.05, 0) is 50.3 Å². The van der Waals surface area contributed by atoms with Crippen LogP contribution in [0.25, 0.3) is 0 Å². The summed E-state index contributed by atoms with van der Waals surface area (Å²) < 4.78 is 1.09. The Bertz CT molecular complexity index is 758. The van der Waals surface area contributed by atoms with Gasteiger partial charge in [-0.1, -0.05) is 84.4 Å². The monoisotopic (exact) mass is 444 g/mol. The number of ketones is 1. The van der Waals surface area contributed by atoms with Crippen molar-refractivity contribution >= 4 is 21.7 Å². The number of carbonyl (C=O) groups is 1. The second-order valence-corrected chi connectivity index (χ2v) is 8.40. The van der Waals surface area contributed by atoms with Gasteiger partial charge in [0.15, 0.2) is 5.78 Å². The lowest BCUT2D eigenvalue weighted by Gasteiger charge is -2.09. The lowest BCUT2D eigenvalue weighted by atomic mass is 9.93. The molecule has 1 aliphatic rings. The summed E-state index contributed by atoms with van der Waals surface area (Å²) in [5, 5.41) is 3.06. The van der Waals surface area contributed by atoms with E-state index in [4.69, 9.17) is 5.73 Å². The molecule has 152 valence electrons. The lowest BCUT2D eigenvalue weighted by molar-refractivity contribution is -0.119. The highest BCUT2D eigenvalue weighted by atomic mass is 79.9. The van der Waals surface area contributed by atoms with Gasteiger partial charge in [-0.15, -0.1) is 0 Å². The van der Waals surface area contributed by atoms with E-state index in [1.54, 1.807) is 6.92 Å². The summed E-state index contributed by atoms with van der Waals surface area (Å²) in [6.07, 6.45) is 1.98. The average molecular weight is 445 g/mol. The molecule has 0 amide bonds. The van der Waals surface area contributed by atoms with Crippen molar-refractivity contribution in [2.24, 2.45) is 11.7 Å².